The lowest BCUT2D eigenvalue weighted by atomic mass is 9.98. The molecule has 0 spiro atoms. The molecule has 4 nitrogen and oxygen atoms in total. The number of hydrogen-bond acceptors (Lipinski definition) is 4. The van der Waals surface area contributed by atoms with Crippen LogP contribution in [-0.4, -0.2) is 28.2 Å². The van der Waals surface area contributed by atoms with Gasteiger partial charge in [-0.3, -0.25) is 4.90 Å². The van der Waals surface area contributed by atoms with Crippen molar-refractivity contribution in [3.63, 3.8) is 0 Å². The lowest BCUT2D eigenvalue weighted by molar-refractivity contribution is 0.117. The Morgan fingerprint density at radius 3 is 2.73 bits per heavy atom. The van der Waals surface area contributed by atoms with Crippen LogP contribution in [0.15, 0.2) is 16.9 Å². The third-order valence-corrected chi connectivity index (χ3v) is 3.76. The summed E-state index contributed by atoms with van der Waals surface area (Å²) in [6.45, 7) is 0.929. The third kappa shape index (κ3) is 1.68. The minimum absolute atomic E-state index is 0.413. The van der Waals surface area contributed by atoms with E-state index in [9.17, 15) is 0 Å². The van der Waals surface area contributed by atoms with Crippen LogP contribution in [0.3, 0.4) is 0 Å². The summed E-state index contributed by atoms with van der Waals surface area (Å²) in [6, 6.07) is 3.72. The molecule has 2 fully saturated rings. The Balaban J connectivity index is 1.72. The fraction of sp³-hybridized carbons (Fsp3) is 0.727. The first-order chi connectivity index (χ1) is 7.33. The summed E-state index contributed by atoms with van der Waals surface area (Å²) in [7, 11) is 0. The molecule has 1 aromatic rings. The Labute approximate surface area is 89.4 Å². The van der Waals surface area contributed by atoms with Gasteiger partial charge in [0.25, 0.3) is 0 Å². The maximum absolute atomic E-state index is 6.03. The quantitative estimate of drug-likeness (QED) is 0.789. The molecular formula is C11H17N3O. The SMILES string of the molecule is NC1CC2CCC(C1)N2Cc1ccon1. The molecule has 0 saturated carbocycles. The van der Waals surface area contributed by atoms with E-state index in [1.54, 1.807) is 6.26 Å². The fourth-order valence-electron chi connectivity index (χ4n) is 3.08. The first-order valence-electron chi connectivity index (χ1n) is 5.73. The van der Waals surface area contributed by atoms with Gasteiger partial charge in [0.15, 0.2) is 0 Å². The van der Waals surface area contributed by atoms with Crippen molar-refractivity contribution in [1.82, 2.24) is 10.1 Å². The normalized spacial score (nSPS) is 35.9. The highest BCUT2D eigenvalue weighted by atomic mass is 16.5. The predicted molar refractivity (Wildman–Crippen MR) is 56.1 cm³/mol. The number of hydrogen-bond donors (Lipinski definition) is 1. The van der Waals surface area contributed by atoms with Gasteiger partial charge in [-0.15, -0.1) is 0 Å². The second-order valence-electron chi connectivity index (χ2n) is 4.78. The molecule has 82 valence electrons. The molecule has 0 radical (unpaired) electrons. The van der Waals surface area contributed by atoms with Crippen LogP contribution in [0.5, 0.6) is 0 Å². The second-order valence-corrected chi connectivity index (χ2v) is 4.78. The molecule has 2 atom stereocenters. The maximum Gasteiger partial charge on any atom is 0.124 e. The van der Waals surface area contributed by atoms with Crippen LogP contribution in [0.2, 0.25) is 0 Å². The molecule has 2 aliphatic heterocycles. The van der Waals surface area contributed by atoms with E-state index in [4.69, 9.17) is 10.3 Å². The Kier molecular flexibility index (Phi) is 2.25. The Morgan fingerprint density at radius 1 is 1.40 bits per heavy atom. The topological polar surface area (TPSA) is 55.3 Å². The highest BCUT2D eigenvalue weighted by Crippen LogP contribution is 2.35. The average molecular weight is 207 g/mol. The van der Waals surface area contributed by atoms with Gasteiger partial charge in [0.1, 0.15) is 6.26 Å². The Hall–Kier alpha value is -0.870. The van der Waals surface area contributed by atoms with Crippen LogP contribution in [-0.2, 0) is 6.54 Å². The molecule has 2 unspecified atom stereocenters. The van der Waals surface area contributed by atoms with Crippen LogP contribution in [0, 0.1) is 0 Å². The molecule has 2 saturated heterocycles. The fourth-order valence-corrected chi connectivity index (χ4v) is 3.08. The highest BCUT2D eigenvalue weighted by Gasteiger charge is 2.39. The molecule has 2 bridgehead atoms. The monoisotopic (exact) mass is 207 g/mol. The summed E-state index contributed by atoms with van der Waals surface area (Å²) < 4.78 is 4.87. The average Bonchev–Trinajstić information content (AvgIpc) is 2.77. The minimum Gasteiger partial charge on any atom is -0.364 e. The van der Waals surface area contributed by atoms with E-state index in [0.29, 0.717) is 18.1 Å². The summed E-state index contributed by atoms with van der Waals surface area (Å²) in [5.41, 5.74) is 7.07. The zero-order chi connectivity index (χ0) is 10.3. The van der Waals surface area contributed by atoms with Crippen LogP contribution in [0.4, 0.5) is 0 Å². The lowest BCUT2D eigenvalue weighted by Crippen LogP contribution is -2.46. The van der Waals surface area contributed by atoms with E-state index in [0.717, 1.165) is 25.1 Å². The summed E-state index contributed by atoms with van der Waals surface area (Å²) in [6.07, 6.45) is 6.54. The Morgan fingerprint density at radius 2 is 2.13 bits per heavy atom. The van der Waals surface area contributed by atoms with E-state index in [1.165, 1.54) is 12.8 Å². The third-order valence-electron chi connectivity index (χ3n) is 3.76. The molecule has 3 heterocycles. The van der Waals surface area contributed by atoms with Crippen molar-refractivity contribution in [3.05, 3.63) is 18.0 Å². The molecule has 4 heteroatoms. The molecule has 0 amide bonds. The van der Waals surface area contributed by atoms with Gasteiger partial charge >= 0.3 is 0 Å². The van der Waals surface area contributed by atoms with E-state index in [1.807, 2.05) is 6.07 Å². The van der Waals surface area contributed by atoms with Crippen LogP contribution in [0.25, 0.3) is 0 Å². The molecule has 2 aliphatic rings. The largest absolute Gasteiger partial charge is 0.364 e. The van der Waals surface area contributed by atoms with Gasteiger partial charge in [-0.1, -0.05) is 5.16 Å². The van der Waals surface area contributed by atoms with E-state index < -0.39 is 0 Å². The molecular weight excluding hydrogens is 190 g/mol. The van der Waals surface area contributed by atoms with Crippen LogP contribution >= 0.6 is 0 Å². The molecule has 0 aromatic carbocycles. The van der Waals surface area contributed by atoms with Crippen LogP contribution < -0.4 is 5.73 Å². The molecule has 15 heavy (non-hydrogen) atoms. The minimum atomic E-state index is 0.413. The van der Waals surface area contributed by atoms with Crippen molar-refractivity contribution in [2.75, 3.05) is 0 Å². The lowest BCUT2D eigenvalue weighted by Gasteiger charge is -2.37. The molecule has 2 N–H and O–H groups in total. The summed E-state index contributed by atoms with van der Waals surface area (Å²) in [5.74, 6) is 0. The standard InChI is InChI=1S/C11H17N3O/c12-8-5-10-1-2-11(6-8)14(10)7-9-3-4-15-13-9/h3-4,8,10-11H,1-2,5-7,12H2. The van der Waals surface area contributed by atoms with Crippen molar-refractivity contribution < 1.29 is 4.52 Å². The number of fused-ring (bicyclic) bond motifs is 2. The second kappa shape index (κ2) is 3.61. The first kappa shape index (κ1) is 9.36. The van der Waals surface area contributed by atoms with E-state index >= 15 is 0 Å². The number of rotatable bonds is 2. The maximum atomic E-state index is 6.03. The van der Waals surface area contributed by atoms with Gasteiger partial charge < -0.3 is 10.3 Å². The van der Waals surface area contributed by atoms with Gasteiger partial charge in [0.2, 0.25) is 0 Å². The van der Waals surface area contributed by atoms with Crippen molar-refractivity contribution in [3.8, 4) is 0 Å². The molecule has 0 aliphatic carbocycles. The van der Waals surface area contributed by atoms with Gasteiger partial charge in [0.05, 0.1) is 5.69 Å². The zero-order valence-corrected chi connectivity index (χ0v) is 8.80. The predicted octanol–water partition coefficient (Wildman–Crippen LogP) is 1.13. The van der Waals surface area contributed by atoms with Crippen molar-refractivity contribution in [2.24, 2.45) is 5.73 Å². The van der Waals surface area contributed by atoms with Gasteiger partial charge in [-0.25, -0.2) is 0 Å². The van der Waals surface area contributed by atoms with Crippen LogP contribution in [0.1, 0.15) is 31.4 Å². The summed E-state index contributed by atoms with van der Waals surface area (Å²) >= 11 is 0. The van der Waals surface area contributed by atoms with Crippen molar-refractivity contribution in [2.45, 2.75) is 50.4 Å². The highest BCUT2D eigenvalue weighted by molar-refractivity contribution is 5.02. The van der Waals surface area contributed by atoms with Crippen molar-refractivity contribution >= 4 is 0 Å². The van der Waals surface area contributed by atoms with Gasteiger partial charge in [-0.05, 0) is 25.7 Å². The number of nitrogens with zero attached hydrogens (tertiary/aromatic N) is 2. The van der Waals surface area contributed by atoms with E-state index in [2.05, 4.69) is 10.1 Å². The van der Waals surface area contributed by atoms with Crippen molar-refractivity contribution in [1.29, 1.82) is 0 Å². The first-order valence-corrected chi connectivity index (χ1v) is 5.73. The van der Waals surface area contributed by atoms with Gasteiger partial charge in [0, 0.05) is 30.7 Å². The molecule has 1 aromatic heterocycles. The summed E-state index contributed by atoms with van der Waals surface area (Å²) in [4.78, 5) is 2.56. The number of aromatic nitrogens is 1. The van der Waals surface area contributed by atoms with Gasteiger partial charge in [-0.2, -0.15) is 0 Å². The number of piperidine rings is 1. The van der Waals surface area contributed by atoms with E-state index in [-0.39, 0.29) is 0 Å². The smallest absolute Gasteiger partial charge is 0.124 e. The Bertz CT molecular complexity index is 311. The zero-order valence-electron chi connectivity index (χ0n) is 8.80. The molecule has 3 rings (SSSR count). The summed E-state index contributed by atoms with van der Waals surface area (Å²) in [5, 5.41) is 3.98. The number of nitrogens with two attached hydrogens (primary N) is 1.